The van der Waals surface area contributed by atoms with Gasteiger partial charge in [0.05, 0.1) is 18.4 Å². The third kappa shape index (κ3) is 2.53. The molecule has 0 amide bonds. The maximum absolute atomic E-state index is 12.4. The van der Waals surface area contributed by atoms with Crippen molar-refractivity contribution in [3.05, 3.63) is 59.0 Å². The summed E-state index contributed by atoms with van der Waals surface area (Å²) in [5, 5.41) is 16.0. The Bertz CT molecular complexity index is 1120. The second-order valence-corrected chi connectivity index (χ2v) is 6.28. The highest BCUT2D eigenvalue weighted by Gasteiger charge is 2.25. The van der Waals surface area contributed by atoms with Gasteiger partial charge in [0.1, 0.15) is 11.7 Å². The summed E-state index contributed by atoms with van der Waals surface area (Å²) in [6.45, 7) is 0.435. The van der Waals surface area contributed by atoms with Crippen molar-refractivity contribution in [3.63, 3.8) is 0 Å². The molecule has 0 atom stereocenters. The molecule has 0 radical (unpaired) electrons. The SMILES string of the molecule is O=c1[nH]c(NCc2nncn2C2CC2)nc2c1cnn2-c1ccccc1. The second kappa shape index (κ2) is 5.80. The highest BCUT2D eigenvalue weighted by atomic mass is 16.1. The van der Waals surface area contributed by atoms with Crippen molar-refractivity contribution >= 4 is 17.0 Å². The number of fused-ring (bicyclic) bond motifs is 1. The van der Waals surface area contributed by atoms with E-state index in [2.05, 4.69) is 35.1 Å². The highest BCUT2D eigenvalue weighted by molar-refractivity contribution is 5.76. The molecule has 3 aromatic heterocycles. The van der Waals surface area contributed by atoms with E-state index in [0.29, 0.717) is 29.6 Å². The van der Waals surface area contributed by atoms with Gasteiger partial charge in [-0.25, -0.2) is 4.68 Å². The zero-order valence-corrected chi connectivity index (χ0v) is 13.8. The number of anilines is 1. The Balaban J connectivity index is 1.48. The van der Waals surface area contributed by atoms with Crippen LogP contribution in [0.4, 0.5) is 5.95 Å². The Labute approximate surface area is 147 Å². The molecule has 1 saturated carbocycles. The molecule has 1 aromatic carbocycles. The standard InChI is InChI=1S/C17H16N8O/c26-16-13-8-20-25(12-4-2-1-3-5-12)15(13)21-17(22-16)18-9-14-23-19-10-24(14)11-6-7-11/h1-5,8,10-11H,6-7,9H2,(H2,18,21,22,26). The van der Waals surface area contributed by atoms with Gasteiger partial charge in [0.2, 0.25) is 5.95 Å². The molecule has 9 nitrogen and oxygen atoms in total. The van der Waals surface area contributed by atoms with Crippen LogP contribution in [0.5, 0.6) is 0 Å². The van der Waals surface area contributed by atoms with Gasteiger partial charge >= 0.3 is 0 Å². The van der Waals surface area contributed by atoms with Gasteiger partial charge in [-0.05, 0) is 25.0 Å². The fourth-order valence-corrected chi connectivity index (χ4v) is 2.97. The van der Waals surface area contributed by atoms with Crippen molar-refractivity contribution in [2.45, 2.75) is 25.4 Å². The lowest BCUT2D eigenvalue weighted by atomic mass is 10.3. The molecule has 130 valence electrons. The zero-order valence-electron chi connectivity index (χ0n) is 13.8. The molecule has 1 fully saturated rings. The zero-order chi connectivity index (χ0) is 17.5. The molecule has 4 aromatic rings. The lowest BCUT2D eigenvalue weighted by molar-refractivity contribution is 0.688. The third-order valence-corrected chi connectivity index (χ3v) is 4.44. The molecule has 2 N–H and O–H groups in total. The lowest BCUT2D eigenvalue weighted by Gasteiger charge is -2.08. The molecule has 1 aliphatic rings. The van der Waals surface area contributed by atoms with E-state index in [4.69, 9.17) is 0 Å². The highest BCUT2D eigenvalue weighted by Crippen LogP contribution is 2.35. The number of aromatic nitrogens is 7. The second-order valence-electron chi connectivity index (χ2n) is 6.28. The summed E-state index contributed by atoms with van der Waals surface area (Å²) >= 11 is 0. The average Bonchev–Trinajstić information content (AvgIpc) is 3.24. The van der Waals surface area contributed by atoms with E-state index in [0.717, 1.165) is 24.4 Å². The summed E-state index contributed by atoms with van der Waals surface area (Å²) in [4.78, 5) is 19.7. The van der Waals surface area contributed by atoms with Gasteiger partial charge in [-0.15, -0.1) is 10.2 Å². The van der Waals surface area contributed by atoms with Crippen molar-refractivity contribution < 1.29 is 0 Å². The largest absolute Gasteiger partial charge is 0.348 e. The maximum atomic E-state index is 12.4. The van der Waals surface area contributed by atoms with Gasteiger partial charge in [0, 0.05) is 6.04 Å². The van der Waals surface area contributed by atoms with Crippen LogP contribution in [-0.2, 0) is 6.54 Å². The lowest BCUT2D eigenvalue weighted by Crippen LogP contribution is -2.15. The number of nitrogens with one attached hydrogen (secondary N) is 2. The monoisotopic (exact) mass is 348 g/mol. The van der Waals surface area contributed by atoms with Gasteiger partial charge < -0.3 is 9.88 Å². The molecule has 0 aliphatic heterocycles. The fourth-order valence-electron chi connectivity index (χ4n) is 2.97. The molecular weight excluding hydrogens is 332 g/mol. The Morgan fingerprint density at radius 2 is 2.08 bits per heavy atom. The topological polar surface area (TPSA) is 106 Å². The van der Waals surface area contributed by atoms with Crippen LogP contribution in [0.15, 0.2) is 47.7 Å². The van der Waals surface area contributed by atoms with E-state index in [1.54, 1.807) is 11.0 Å². The number of hydrogen-bond acceptors (Lipinski definition) is 6. The van der Waals surface area contributed by atoms with Crippen LogP contribution in [0.25, 0.3) is 16.7 Å². The number of hydrogen-bond donors (Lipinski definition) is 2. The van der Waals surface area contributed by atoms with E-state index < -0.39 is 0 Å². The summed E-state index contributed by atoms with van der Waals surface area (Å²) in [6, 6.07) is 10.1. The minimum atomic E-state index is -0.233. The Morgan fingerprint density at radius 3 is 2.88 bits per heavy atom. The van der Waals surface area contributed by atoms with Gasteiger partial charge in [0.15, 0.2) is 11.5 Å². The van der Waals surface area contributed by atoms with Gasteiger partial charge in [-0.1, -0.05) is 18.2 Å². The normalized spacial score (nSPS) is 14.0. The van der Waals surface area contributed by atoms with E-state index in [1.807, 2.05) is 30.3 Å². The van der Waals surface area contributed by atoms with E-state index in [-0.39, 0.29) is 5.56 Å². The average molecular weight is 348 g/mol. The maximum Gasteiger partial charge on any atom is 0.263 e. The molecule has 5 rings (SSSR count). The minimum absolute atomic E-state index is 0.233. The van der Waals surface area contributed by atoms with E-state index in [9.17, 15) is 4.79 Å². The van der Waals surface area contributed by atoms with Crippen LogP contribution >= 0.6 is 0 Å². The van der Waals surface area contributed by atoms with E-state index in [1.165, 1.54) is 6.20 Å². The van der Waals surface area contributed by atoms with Gasteiger partial charge in [0.25, 0.3) is 5.56 Å². The Morgan fingerprint density at radius 1 is 1.23 bits per heavy atom. The number of nitrogens with zero attached hydrogens (tertiary/aromatic N) is 6. The van der Waals surface area contributed by atoms with Gasteiger partial charge in [-0.2, -0.15) is 10.1 Å². The van der Waals surface area contributed by atoms with Crippen LogP contribution < -0.4 is 10.9 Å². The first-order chi connectivity index (χ1) is 12.8. The molecule has 26 heavy (non-hydrogen) atoms. The predicted octanol–water partition coefficient (Wildman–Crippen LogP) is 1.65. The Kier molecular flexibility index (Phi) is 3.30. The van der Waals surface area contributed by atoms with Crippen molar-refractivity contribution in [1.82, 2.24) is 34.5 Å². The number of H-pyrrole nitrogens is 1. The quantitative estimate of drug-likeness (QED) is 0.568. The molecule has 0 spiro atoms. The number of rotatable bonds is 5. The number of para-hydroxylation sites is 1. The van der Waals surface area contributed by atoms with Crippen molar-refractivity contribution in [2.75, 3.05) is 5.32 Å². The van der Waals surface area contributed by atoms with Crippen LogP contribution in [0.3, 0.4) is 0 Å². The summed E-state index contributed by atoms with van der Waals surface area (Å²) < 4.78 is 3.72. The molecule has 0 saturated heterocycles. The minimum Gasteiger partial charge on any atom is -0.348 e. The molecule has 0 unspecified atom stereocenters. The summed E-state index contributed by atoms with van der Waals surface area (Å²) in [5.74, 6) is 1.21. The predicted molar refractivity (Wildman–Crippen MR) is 95.1 cm³/mol. The first-order valence-corrected chi connectivity index (χ1v) is 8.45. The van der Waals surface area contributed by atoms with Crippen molar-refractivity contribution in [1.29, 1.82) is 0 Å². The summed E-state index contributed by atoms with van der Waals surface area (Å²) in [5.41, 5.74) is 1.12. The van der Waals surface area contributed by atoms with Crippen molar-refractivity contribution in [2.24, 2.45) is 0 Å². The van der Waals surface area contributed by atoms with Crippen LogP contribution in [-0.4, -0.2) is 34.5 Å². The van der Waals surface area contributed by atoms with Crippen LogP contribution in [0.1, 0.15) is 24.7 Å². The third-order valence-electron chi connectivity index (χ3n) is 4.44. The molecule has 9 heteroatoms. The first-order valence-electron chi connectivity index (χ1n) is 8.45. The van der Waals surface area contributed by atoms with Crippen molar-refractivity contribution in [3.8, 4) is 5.69 Å². The molecule has 3 heterocycles. The summed E-state index contributed by atoms with van der Waals surface area (Å²) in [7, 11) is 0. The van der Waals surface area contributed by atoms with Crippen LogP contribution in [0.2, 0.25) is 0 Å². The smallest absolute Gasteiger partial charge is 0.263 e. The van der Waals surface area contributed by atoms with Gasteiger partial charge in [-0.3, -0.25) is 9.78 Å². The van der Waals surface area contributed by atoms with E-state index >= 15 is 0 Å². The Hall–Kier alpha value is -3.49. The fraction of sp³-hybridized carbons (Fsp3) is 0.235. The molecular formula is C17H16N8O. The number of benzene rings is 1. The molecule has 0 bridgehead atoms. The molecule has 1 aliphatic carbocycles. The first kappa shape index (κ1) is 14.8. The van der Waals surface area contributed by atoms with Crippen LogP contribution in [0, 0.1) is 0 Å². The summed E-state index contributed by atoms with van der Waals surface area (Å²) in [6.07, 6.45) is 5.59. The number of aromatic amines is 1.